The van der Waals surface area contributed by atoms with Crippen LogP contribution in [0.25, 0.3) is 11.1 Å². The first kappa shape index (κ1) is 32.7. The van der Waals surface area contributed by atoms with E-state index >= 15 is 0 Å². The van der Waals surface area contributed by atoms with E-state index in [-0.39, 0.29) is 0 Å². The van der Waals surface area contributed by atoms with Crippen molar-refractivity contribution in [1.82, 2.24) is 0 Å². The molecular formula is C40H24Cl4N2S. The molecule has 0 heterocycles. The minimum absolute atomic E-state index is 0.672. The Morgan fingerprint density at radius 1 is 0.362 bits per heavy atom. The molecule has 228 valence electrons. The van der Waals surface area contributed by atoms with Crippen LogP contribution in [0.5, 0.6) is 0 Å². The molecule has 7 heteroatoms. The van der Waals surface area contributed by atoms with Gasteiger partial charge in [0.2, 0.25) is 0 Å². The molecule has 0 fully saturated rings. The van der Waals surface area contributed by atoms with E-state index in [9.17, 15) is 0 Å². The van der Waals surface area contributed by atoms with Crippen molar-refractivity contribution >= 4 is 92.4 Å². The average Bonchev–Trinajstić information content (AvgIpc) is 3.09. The van der Waals surface area contributed by atoms with Gasteiger partial charge in [0.15, 0.2) is 0 Å². The molecule has 0 aliphatic carbocycles. The molecule has 0 N–H and O–H groups in total. The average molecular weight is 707 g/mol. The molecule has 0 saturated heterocycles. The summed E-state index contributed by atoms with van der Waals surface area (Å²) in [5, 5.41) is 2.69. The molecule has 0 atom stereocenters. The summed E-state index contributed by atoms with van der Waals surface area (Å²) in [7, 11) is 0. The predicted molar refractivity (Wildman–Crippen MR) is 202 cm³/mol. The molecular weight excluding hydrogens is 682 g/mol. The monoisotopic (exact) mass is 704 g/mol. The second kappa shape index (κ2) is 15.5. The molecule has 0 radical (unpaired) electrons. The van der Waals surface area contributed by atoms with Crippen molar-refractivity contribution in [1.29, 1.82) is 0 Å². The SMILES string of the molecule is Clc1ccc(C(=C=Nc2ccc(Sc3ccc(N=C=C(c4ccc(Cl)cc4)c4ccc(Cl)cc4)cc3)cc2)c2ccc(Cl)cc2)cc1. The molecule has 0 spiro atoms. The highest BCUT2D eigenvalue weighted by molar-refractivity contribution is 7.99. The van der Waals surface area contributed by atoms with Crippen molar-refractivity contribution in [2.24, 2.45) is 9.98 Å². The van der Waals surface area contributed by atoms with Gasteiger partial charge in [0.1, 0.15) is 0 Å². The van der Waals surface area contributed by atoms with Gasteiger partial charge in [0, 0.05) is 29.9 Å². The summed E-state index contributed by atoms with van der Waals surface area (Å²) in [6.07, 6.45) is 0. The van der Waals surface area contributed by atoms with Crippen molar-refractivity contribution in [3.05, 3.63) is 188 Å². The Hall–Kier alpha value is -4.27. The Morgan fingerprint density at radius 3 is 0.872 bits per heavy atom. The minimum atomic E-state index is 0.672. The third-order valence-electron chi connectivity index (χ3n) is 7.03. The zero-order chi connectivity index (χ0) is 32.6. The molecule has 2 nitrogen and oxygen atoms in total. The van der Waals surface area contributed by atoms with Gasteiger partial charge < -0.3 is 0 Å². The maximum absolute atomic E-state index is 6.12. The third-order valence-corrected chi connectivity index (χ3v) is 9.06. The normalized spacial score (nSPS) is 10.5. The van der Waals surface area contributed by atoms with Crippen molar-refractivity contribution in [3.8, 4) is 0 Å². The quantitative estimate of drug-likeness (QED) is 0.145. The first-order valence-electron chi connectivity index (χ1n) is 14.5. The van der Waals surface area contributed by atoms with Gasteiger partial charge in [-0.3, -0.25) is 0 Å². The van der Waals surface area contributed by atoms with Gasteiger partial charge in [0.05, 0.1) is 22.5 Å². The molecule has 0 aliphatic heterocycles. The second-order valence-corrected chi connectivity index (χ2v) is 13.2. The zero-order valence-corrected chi connectivity index (χ0v) is 28.5. The van der Waals surface area contributed by atoms with Crippen LogP contribution in [-0.2, 0) is 0 Å². The first-order chi connectivity index (χ1) is 22.9. The standard InChI is InChI=1S/C40H24Cl4N2S/c41-31-9-1-27(2-10-31)39(28-3-11-32(42)12-4-28)25-45-35-17-21-37(22-18-35)47-38-23-19-36(20-24-38)46-26-40(29-5-13-33(43)14-6-29)30-7-15-34(44)16-8-30/h1-24H. The van der Waals surface area contributed by atoms with E-state index in [4.69, 9.17) is 46.4 Å². The highest BCUT2D eigenvalue weighted by Gasteiger charge is 2.07. The van der Waals surface area contributed by atoms with Gasteiger partial charge in [-0.2, -0.15) is 0 Å². The summed E-state index contributed by atoms with van der Waals surface area (Å²) in [6, 6.07) is 46.6. The number of halogens is 4. The molecule has 0 amide bonds. The number of rotatable bonds is 8. The lowest BCUT2D eigenvalue weighted by Gasteiger charge is -2.06. The largest absolute Gasteiger partial charge is 0.206 e. The number of nitrogens with zero attached hydrogens (tertiary/aromatic N) is 2. The molecule has 47 heavy (non-hydrogen) atoms. The summed E-state index contributed by atoms with van der Waals surface area (Å²) in [5.74, 6) is 6.49. The van der Waals surface area contributed by atoms with Crippen LogP contribution in [-0.4, -0.2) is 11.7 Å². The van der Waals surface area contributed by atoms with E-state index in [1.807, 2.05) is 121 Å². The van der Waals surface area contributed by atoms with E-state index in [2.05, 4.69) is 46.0 Å². The smallest absolute Gasteiger partial charge is 0.0730 e. The lowest BCUT2D eigenvalue weighted by Crippen LogP contribution is -1.88. The topological polar surface area (TPSA) is 24.7 Å². The van der Waals surface area contributed by atoms with E-state index in [0.717, 1.165) is 54.6 Å². The molecule has 0 aromatic heterocycles. The van der Waals surface area contributed by atoms with Crippen LogP contribution < -0.4 is 0 Å². The highest BCUT2D eigenvalue weighted by Crippen LogP contribution is 2.31. The Morgan fingerprint density at radius 2 is 0.617 bits per heavy atom. The molecule has 6 aromatic rings. The lowest BCUT2D eigenvalue weighted by atomic mass is 9.99. The maximum Gasteiger partial charge on any atom is 0.0730 e. The van der Waals surface area contributed by atoms with Gasteiger partial charge in [-0.15, -0.1) is 0 Å². The fourth-order valence-corrected chi connectivity index (χ4v) is 5.93. The summed E-state index contributed by atoms with van der Waals surface area (Å²) in [4.78, 5) is 11.5. The summed E-state index contributed by atoms with van der Waals surface area (Å²) < 4.78 is 0. The third kappa shape index (κ3) is 8.96. The van der Waals surface area contributed by atoms with Crippen LogP contribution in [0.15, 0.2) is 165 Å². The van der Waals surface area contributed by atoms with Crippen molar-refractivity contribution < 1.29 is 0 Å². The number of benzene rings is 6. The molecule has 0 bridgehead atoms. The Bertz CT molecular complexity index is 1860. The summed E-state index contributed by atoms with van der Waals surface area (Å²) in [5.41, 5.74) is 7.13. The summed E-state index contributed by atoms with van der Waals surface area (Å²) in [6.45, 7) is 0. The van der Waals surface area contributed by atoms with Crippen molar-refractivity contribution in [2.75, 3.05) is 0 Å². The lowest BCUT2D eigenvalue weighted by molar-refractivity contribution is 1.38. The fourth-order valence-electron chi connectivity index (χ4n) is 4.61. The van der Waals surface area contributed by atoms with Crippen LogP contribution in [0.1, 0.15) is 22.3 Å². The van der Waals surface area contributed by atoms with Crippen LogP contribution >= 0.6 is 58.2 Å². The van der Waals surface area contributed by atoms with E-state index < -0.39 is 0 Å². The first-order valence-corrected chi connectivity index (χ1v) is 16.8. The van der Waals surface area contributed by atoms with E-state index in [1.54, 1.807) is 11.8 Å². The van der Waals surface area contributed by atoms with Gasteiger partial charge in [-0.25, -0.2) is 9.98 Å². The van der Waals surface area contributed by atoms with Crippen LogP contribution in [0.2, 0.25) is 20.1 Å². The Balaban J connectivity index is 1.20. The summed E-state index contributed by atoms with van der Waals surface area (Å²) >= 11 is 26.2. The highest BCUT2D eigenvalue weighted by atomic mass is 35.5. The van der Waals surface area contributed by atoms with E-state index in [0.29, 0.717) is 20.1 Å². The fraction of sp³-hybridized carbons (Fsp3) is 0. The van der Waals surface area contributed by atoms with Crippen LogP contribution in [0.3, 0.4) is 0 Å². The maximum atomic E-state index is 6.12. The Kier molecular flexibility index (Phi) is 10.8. The molecule has 6 aromatic carbocycles. The van der Waals surface area contributed by atoms with Gasteiger partial charge in [-0.1, -0.05) is 107 Å². The number of hydrogen-bond donors (Lipinski definition) is 0. The molecule has 6 rings (SSSR count). The Labute approximate surface area is 298 Å². The van der Waals surface area contributed by atoms with Gasteiger partial charge >= 0.3 is 0 Å². The van der Waals surface area contributed by atoms with Crippen molar-refractivity contribution in [2.45, 2.75) is 9.79 Å². The predicted octanol–water partition coefficient (Wildman–Crippen LogP) is 13.3. The minimum Gasteiger partial charge on any atom is -0.206 e. The number of aliphatic imine (C=N–C) groups is 2. The second-order valence-electron chi connectivity index (χ2n) is 10.3. The van der Waals surface area contributed by atoms with Crippen molar-refractivity contribution in [3.63, 3.8) is 0 Å². The number of hydrogen-bond acceptors (Lipinski definition) is 3. The zero-order valence-electron chi connectivity index (χ0n) is 24.7. The van der Waals surface area contributed by atoms with Gasteiger partial charge in [-0.05, 0) is 131 Å². The van der Waals surface area contributed by atoms with Gasteiger partial charge in [0.25, 0.3) is 0 Å². The molecule has 0 saturated carbocycles. The molecule has 0 aliphatic rings. The van der Waals surface area contributed by atoms with E-state index in [1.165, 1.54) is 0 Å². The molecule has 0 unspecified atom stereocenters. The van der Waals surface area contributed by atoms with Crippen LogP contribution in [0.4, 0.5) is 11.4 Å². The van der Waals surface area contributed by atoms with Crippen LogP contribution in [0, 0.1) is 0 Å².